The summed E-state index contributed by atoms with van der Waals surface area (Å²) in [5, 5.41) is 3.19. The second-order valence-electron chi connectivity index (χ2n) is 7.69. The Bertz CT molecular complexity index is 633. The first-order valence-corrected chi connectivity index (χ1v) is 9.27. The number of likely N-dealkylation sites (tertiary alicyclic amines) is 1. The Balaban J connectivity index is 1.34. The largest absolute Gasteiger partial charge is 0.381 e. The van der Waals surface area contributed by atoms with Crippen LogP contribution in [0.3, 0.4) is 0 Å². The third kappa shape index (κ3) is 3.59. The van der Waals surface area contributed by atoms with Gasteiger partial charge in [-0.25, -0.2) is 9.18 Å². The van der Waals surface area contributed by atoms with E-state index in [1.54, 1.807) is 12.1 Å². The molecule has 5 nitrogen and oxygen atoms in total. The van der Waals surface area contributed by atoms with E-state index in [4.69, 9.17) is 4.74 Å². The smallest absolute Gasteiger partial charge is 0.317 e. The normalized spacial score (nSPS) is 29.4. The van der Waals surface area contributed by atoms with Gasteiger partial charge in [-0.3, -0.25) is 0 Å². The molecule has 136 valence electrons. The number of carbonyl (C=O) groups excluding carboxylic acids is 1. The van der Waals surface area contributed by atoms with Crippen LogP contribution in [0.15, 0.2) is 24.3 Å². The molecule has 6 heteroatoms. The first-order chi connectivity index (χ1) is 12.1. The Morgan fingerprint density at radius 3 is 3.04 bits per heavy atom. The van der Waals surface area contributed by atoms with Crippen molar-refractivity contribution in [1.82, 2.24) is 10.2 Å². The summed E-state index contributed by atoms with van der Waals surface area (Å²) in [7, 11) is 0. The SMILES string of the molecule is O=C(NC1CCCN(c2cccc(F)c2)C1)N1CCC2(CCOC2)C1. The van der Waals surface area contributed by atoms with Crippen LogP contribution in [0, 0.1) is 11.2 Å². The summed E-state index contributed by atoms with van der Waals surface area (Å²) in [5.74, 6) is -0.218. The first-order valence-electron chi connectivity index (χ1n) is 9.27. The van der Waals surface area contributed by atoms with Gasteiger partial charge < -0.3 is 19.9 Å². The second-order valence-corrected chi connectivity index (χ2v) is 7.69. The molecule has 1 spiro atoms. The predicted molar refractivity (Wildman–Crippen MR) is 94.2 cm³/mol. The van der Waals surface area contributed by atoms with E-state index in [9.17, 15) is 9.18 Å². The number of halogens is 1. The van der Waals surface area contributed by atoms with Gasteiger partial charge in [-0.05, 0) is 43.9 Å². The highest BCUT2D eigenvalue weighted by Crippen LogP contribution is 2.38. The van der Waals surface area contributed by atoms with E-state index >= 15 is 0 Å². The maximum Gasteiger partial charge on any atom is 0.317 e. The number of ether oxygens (including phenoxy) is 1. The molecule has 25 heavy (non-hydrogen) atoms. The molecule has 4 rings (SSSR count). The summed E-state index contributed by atoms with van der Waals surface area (Å²) < 4.78 is 19.0. The number of rotatable bonds is 2. The minimum absolute atomic E-state index is 0.0369. The molecule has 3 saturated heterocycles. The van der Waals surface area contributed by atoms with Gasteiger partial charge in [0.15, 0.2) is 0 Å². The predicted octanol–water partition coefficient (Wildman–Crippen LogP) is 2.62. The summed E-state index contributed by atoms with van der Waals surface area (Å²) in [4.78, 5) is 16.7. The molecule has 0 aromatic heterocycles. The van der Waals surface area contributed by atoms with Crippen molar-refractivity contribution in [2.45, 2.75) is 31.7 Å². The minimum atomic E-state index is -0.218. The monoisotopic (exact) mass is 347 g/mol. The molecule has 3 aliphatic rings. The van der Waals surface area contributed by atoms with Gasteiger partial charge in [0.05, 0.1) is 6.61 Å². The second kappa shape index (κ2) is 6.83. The third-order valence-electron chi connectivity index (χ3n) is 5.83. The number of hydrogen-bond acceptors (Lipinski definition) is 3. The lowest BCUT2D eigenvalue weighted by Gasteiger charge is -2.35. The molecule has 1 aromatic rings. The number of piperidine rings is 1. The van der Waals surface area contributed by atoms with Crippen molar-refractivity contribution in [2.75, 3.05) is 44.3 Å². The lowest BCUT2D eigenvalue weighted by atomic mass is 9.87. The summed E-state index contributed by atoms with van der Waals surface area (Å²) in [6, 6.07) is 6.84. The van der Waals surface area contributed by atoms with Crippen molar-refractivity contribution in [2.24, 2.45) is 5.41 Å². The van der Waals surface area contributed by atoms with Crippen LogP contribution in [0.4, 0.5) is 14.9 Å². The standard InChI is InChI=1S/C19H26FN3O2/c20-15-3-1-5-17(11-15)22-8-2-4-16(12-22)21-18(24)23-9-6-19(13-23)7-10-25-14-19/h1,3,5,11,16H,2,4,6-10,12-14H2,(H,21,24). The number of nitrogens with zero attached hydrogens (tertiary/aromatic N) is 2. The summed E-state index contributed by atoms with van der Waals surface area (Å²) >= 11 is 0. The van der Waals surface area contributed by atoms with Gasteiger partial charge in [-0.1, -0.05) is 6.07 Å². The quantitative estimate of drug-likeness (QED) is 0.894. The molecule has 3 heterocycles. The number of benzene rings is 1. The van der Waals surface area contributed by atoms with E-state index in [1.165, 1.54) is 6.07 Å². The van der Waals surface area contributed by atoms with Crippen LogP contribution in [-0.2, 0) is 4.74 Å². The van der Waals surface area contributed by atoms with E-state index in [2.05, 4.69) is 10.2 Å². The zero-order valence-corrected chi connectivity index (χ0v) is 14.5. The fourth-order valence-electron chi connectivity index (χ4n) is 4.35. The van der Waals surface area contributed by atoms with Crippen molar-refractivity contribution in [3.05, 3.63) is 30.1 Å². The first kappa shape index (κ1) is 16.6. The van der Waals surface area contributed by atoms with Crippen molar-refractivity contribution < 1.29 is 13.9 Å². The Labute approximate surface area is 148 Å². The molecule has 3 fully saturated rings. The fourth-order valence-corrected chi connectivity index (χ4v) is 4.35. The number of anilines is 1. The van der Waals surface area contributed by atoms with Gasteiger partial charge in [-0.15, -0.1) is 0 Å². The summed E-state index contributed by atoms with van der Waals surface area (Å²) in [6.45, 7) is 4.86. The van der Waals surface area contributed by atoms with Gasteiger partial charge in [-0.2, -0.15) is 0 Å². The summed E-state index contributed by atoms with van der Waals surface area (Å²) in [5.41, 5.74) is 1.08. The Kier molecular flexibility index (Phi) is 4.54. The highest BCUT2D eigenvalue weighted by atomic mass is 19.1. The molecule has 3 aliphatic heterocycles. The van der Waals surface area contributed by atoms with Crippen molar-refractivity contribution in [3.8, 4) is 0 Å². The lowest BCUT2D eigenvalue weighted by molar-refractivity contribution is 0.152. The molecular weight excluding hydrogens is 321 g/mol. The molecular formula is C19H26FN3O2. The molecule has 2 atom stereocenters. The molecule has 0 aliphatic carbocycles. The van der Waals surface area contributed by atoms with Crippen molar-refractivity contribution in [3.63, 3.8) is 0 Å². The molecule has 2 unspecified atom stereocenters. The molecule has 0 saturated carbocycles. The van der Waals surface area contributed by atoms with Crippen LogP contribution in [0.2, 0.25) is 0 Å². The molecule has 1 aromatic carbocycles. The Morgan fingerprint density at radius 2 is 2.24 bits per heavy atom. The van der Waals surface area contributed by atoms with Crippen LogP contribution in [0.25, 0.3) is 0 Å². The van der Waals surface area contributed by atoms with E-state index in [0.29, 0.717) is 0 Å². The number of amides is 2. The number of hydrogen-bond donors (Lipinski definition) is 1. The van der Waals surface area contributed by atoms with Crippen LogP contribution in [-0.4, -0.2) is 56.4 Å². The minimum Gasteiger partial charge on any atom is -0.381 e. The topological polar surface area (TPSA) is 44.8 Å². The van der Waals surface area contributed by atoms with Crippen LogP contribution < -0.4 is 10.2 Å². The van der Waals surface area contributed by atoms with Crippen LogP contribution in [0.5, 0.6) is 0 Å². The maximum atomic E-state index is 13.5. The van der Waals surface area contributed by atoms with Gasteiger partial charge >= 0.3 is 6.03 Å². The van der Waals surface area contributed by atoms with E-state index in [1.807, 2.05) is 11.0 Å². The lowest BCUT2D eigenvalue weighted by Crippen LogP contribution is -2.51. The van der Waals surface area contributed by atoms with Gasteiger partial charge in [0.25, 0.3) is 0 Å². The van der Waals surface area contributed by atoms with E-state index < -0.39 is 0 Å². The summed E-state index contributed by atoms with van der Waals surface area (Å²) in [6.07, 6.45) is 4.08. The van der Waals surface area contributed by atoms with Crippen LogP contribution >= 0.6 is 0 Å². The number of carbonyl (C=O) groups is 1. The number of nitrogens with one attached hydrogen (secondary N) is 1. The zero-order valence-electron chi connectivity index (χ0n) is 14.5. The van der Waals surface area contributed by atoms with Gasteiger partial charge in [0, 0.05) is 49.9 Å². The van der Waals surface area contributed by atoms with E-state index in [0.717, 1.165) is 70.8 Å². The Hall–Kier alpha value is -1.82. The zero-order chi connectivity index (χ0) is 17.3. The number of urea groups is 1. The molecule has 0 radical (unpaired) electrons. The van der Waals surface area contributed by atoms with E-state index in [-0.39, 0.29) is 23.3 Å². The molecule has 2 amide bonds. The highest BCUT2D eigenvalue weighted by molar-refractivity contribution is 5.75. The fraction of sp³-hybridized carbons (Fsp3) is 0.632. The molecule has 0 bridgehead atoms. The van der Waals surface area contributed by atoms with Crippen molar-refractivity contribution in [1.29, 1.82) is 0 Å². The maximum absolute atomic E-state index is 13.5. The van der Waals surface area contributed by atoms with Gasteiger partial charge in [0.1, 0.15) is 5.82 Å². The average molecular weight is 347 g/mol. The third-order valence-corrected chi connectivity index (χ3v) is 5.83. The van der Waals surface area contributed by atoms with Gasteiger partial charge in [0.2, 0.25) is 0 Å². The highest BCUT2D eigenvalue weighted by Gasteiger charge is 2.43. The van der Waals surface area contributed by atoms with Crippen molar-refractivity contribution >= 4 is 11.7 Å². The molecule has 1 N–H and O–H groups in total. The average Bonchev–Trinajstić information content (AvgIpc) is 3.25. The Morgan fingerprint density at radius 1 is 1.32 bits per heavy atom. The van der Waals surface area contributed by atoms with Crippen LogP contribution in [0.1, 0.15) is 25.7 Å².